The van der Waals surface area contributed by atoms with Gasteiger partial charge in [-0.15, -0.1) is 0 Å². The lowest BCUT2D eigenvalue weighted by molar-refractivity contribution is -0.131. The van der Waals surface area contributed by atoms with E-state index in [0.717, 1.165) is 13.1 Å². The molecule has 1 amide bonds. The van der Waals surface area contributed by atoms with Gasteiger partial charge in [-0.1, -0.05) is 30.3 Å². The van der Waals surface area contributed by atoms with E-state index in [1.165, 1.54) is 5.56 Å². The van der Waals surface area contributed by atoms with Gasteiger partial charge >= 0.3 is 0 Å². The molecule has 3 nitrogen and oxygen atoms in total. The summed E-state index contributed by atoms with van der Waals surface area (Å²) in [4.78, 5) is 13.9. The van der Waals surface area contributed by atoms with Crippen molar-refractivity contribution in [2.24, 2.45) is 0 Å². The summed E-state index contributed by atoms with van der Waals surface area (Å²) in [7, 11) is 0. The first-order valence-electron chi connectivity index (χ1n) is 6.14. The first-order valence-corrected chi connectivity index (χ1v) is 6.14. The number of benzene rings is 1. The second kappa shape index (κ2) is 4.88. The third kappa shape index (κ3) is 3.30. The maximum absolute atomic E-state index is 12.0. The van der Waals surface area contributed by atoms with Crippen molar-refractivity contribution in [1.82, 2.24) is 10.2 Å². The van der Waals surface area contributed by atoms with Crippen LogP contribution in [0, 0.1) is 0 Å². The first kappa shape index (κ1) is 12.1. The molecular formula is C14H20N2O. The van der Waals surface area contributed by atoms with Crippen molar-refractivity contribution in [3.63, 3.8) is 0 Å². The minimum atomic E-state index is 0.000933. The van der Waals surface area contributed by atoms with Crippen LogP contribution >= 0.6 is 0 Å². The molecule has 2 rings (SSSR count). The van der Waals surface area contributed by atoms with E-state index in [1.54, 1.807) is 0 Å². The molecule has 1 aliphatic heterocycles. The predicted octanol–water partition coefficient (Wildman–Crippen LogP) is 1.79. The second-order valence-corrected chi connectivity index (χ2v) is 5.30. The van der Waals surface area contributed by atoms with Crippen molar-refractivity contribution in [2.75, 3.05) is 13.1 Å². The zero-order valence-corrected chi connectivity index (χ0v) is 10.6. The molecule has 0 aromatic heterocycles. The van der Waals surface area contributed by atoms with Crippen molar-refractivity contribution in [3.05, 3.63) is 35.9 Å². The molecule has 92 valence electrons. The Kier molecular flexibility index (Phi) is 3.48. The highest BCUT2D eigenvalue weighted by Gasteiger charge is 2.27. The molecule has 1 aliphatic rings. The Morgan fingerprint density at radius 3 is 2.71 bits per heavy atom. The summed E-state index contributed by atoms with van der Waals surface area (Å²) in [6, 6.07) is 10.2. The molecule has 17 heavy (non-hydrogen) atoms. The molecule has 1 saturated heterocycles. The third-order valence-corrected chi connectivity index (χ3v) is 3.10. The Morgan fingerprint density at radius 2 is 2.00 bits per heavy atom. The van der Waals surface area contributed by atoms with Gasteiger partial charge in [-0.2, -0.15) is 0 Å². The third-order valence-electron chi connectivity index (χ3n) is 3.10. The molecule has 0 saturated carbocycles. The molecule has 0 atom stereocenters. The van der Waals surface area contributed by atoms with E-state index in [4.69, 9.17) is 0 Å². The zero-order chi connectivity index (χ0) is 12.3. The number of nitrogens with one attached hydrogen (secondary N) is 1. The quantitative estimate of drug-likeness (QED) is 0.843. The van der Waals surface area contributed by atoms with Crippen LogP contribution in [0.4, 0.5) is 0 Å². The molecule has 0 radical (unpaired) electrons. The van der Waals surface area contributed by atoms with Crippen LogP contribution in [0.2, 0.25) is 0 Å². The molecule has 0 spiro atoms. The molecule has 1 fully saturated rings. The Morgan fingerprint density at radius 1 is 1.29 bits per heavy atom. The minimum absolute atomic E-state index is 0.000933. The van der Waals surface area contributed by atoms with E-state index in [9.17, 15) is 4.79 Å². The topological polar surface area (TPSA) is 32.3 Å². The first-order chi connectivity index (χ1) is 8.07. The normalized spacial score (nSPS) is 20.1. The van der Waals surface area contributed by atoms with Crippen molar-refractivity contribution in [1.29, 1.82) is 0 Å². The van der Waals surface area contributed by atoms with Gasteiger partial charge in [0.2, 0.25) is 5.91 Å². The van der Waals surface area contributed by atoms with Gasteiger partial charge in [-0.3, -0.25) is 4.79 Å². The molecular weight excluding hydrogens is 212 g/mol. The Bertz CT molecular complexity index is 386. The smallest absolute Gasteiger partial charge is 0.224 e. The van der Waals surface area contributed by atoms with Crippen molar-refractivity contribution >= 4 is 5.91 Å². The average Bonchev–Trinajstić information content (AvgIpc) is 2.40. The number of hydrogen-bond donors (Lipinski definition) is 1. The molecule has 1 N–H and O–H groups in total. The van der Waals surface area contributed by atoms with Crippen LogP contribution in [0.15, 0.2) is 30.3 Å². The highest BCUT2D eigenvalue weighted by Crippen LogP contribution is 2.14. The molecule has 3 heteroatoms. The summed E-state index contributed by atoms with van der Waals surface area (Å²) < 4.78 is 0. The molecule has 1 aromatic carbocycles. The van der Waals surface area contributed by atoms with Gasteiger partial charge in [0.15, 0.2) is 0 Å². The van der Waals surface area contributed by atoms with Crippen molar-refractivity contribution < 1.29 is 4.79 Å². The van der Waals surface area contributed by atoms with E-state index in [0.29, 0.717) is 13.0 Å². The summed E-state index contributed by atoms with van der Waals surface area (Å²) >= 11 is 0. The van der Waals surface area contributed by atoms with Gasteiger partial charge in [0.25, 0.3) is 0 Å². The zero-order valence-electron chi connectivity index (χ0n) is 10.6. The second-order valence-electron chi connectivity index (χ2n) is 5.30. The number of rotatable bonds is 2. The fraction of sp³-hybridized carbons (Fsp3) is 0.500. The Labute approximate surface area is 103 Å². The summed E-state index contributed by atoms with van der Waals surface area (Å²) in [6.45, 7) is 6.54. The maximum atomic E-state index is 12.0. The van der Waals surface area contributed by atoms with Gasteiger partial charge in [0.1, 0.15) is 0 Å². The lowest BCUT2D eigenvalue weighted by Gasteiger charge is -2.30. The summed E-state index contributed by atoms with van der Waals surface area (Å²) in [5, 5.41) is 3.40. The van der Waals surface area contributed by atoms with Gasteiger partial charge < -0.3 is 10.2 Å². The number of hydrogen-bond acceptors (Lipinski definition) is 2. The largest absolute Gasteiger partial charge is 0.337 e. The fourth-order valence-corrected chi connectivity index (χ4v) is 2.24. The molecule has 1 heterocycles. The van der Waals surface area contributed by atoms with Gasteiger partial charge in [-0.05, 0) is 19.4 Å². The highest BCUT2D eigenvalue weighted by molar-refractivity contribution is 5.76. The number of nitrogens with zero attached hydrogens (tertiary/aromatic N) is 1. The van der Waals surface area contributed by atoms with Crippen LogP contribution < -0.4 is 5.32 Å². The van der Waals surface area contributed by atoms with E-state index in [1.807, 2.05) is 23.1 Å². The SMILES string of the molecule is CC1(C)CN(Cc2ccccc2)C(=O)CCN1. The van der Waals surface area contributed by atoms with Crippen LogP contribution in [-0.2, 0) is 11.3 Å². The van der Waals surface area contributed by atoms with E-state index < -0.39 is 0 Å². The fourth-order valence-electron chi connectivity index (χ4n) is 2.24. The Balaban J connectivity index is 2.10. The Hall–Kier alpha value is -1.35. The van der Waals surface area contributed by atoms with Gasteiger partial charge in [-0.25, -0.2) is 0 Å². The number of amides is 1. The number of carbonyl (C=O) groups excluding carboxylic acids is 1. The summed E-state index contributed by atoms with van der Waals surface area (Å²) in [5.41, 5.74) is 1.19. The van der Waals surface area contributed by atoms with Crippen LogP contribution in [0.5, 0.6) is 0 Å². The molecule has 0 bridgehead atoms. The molecule has 0 aliphatic carbocycles. The van der Waals surface area contributed by atoms with Crippen LogP contribution in [0.25, 0.3) is 0 Å². The van der Waals surface area contributed by atoms with Gasteiger partial charge in [0, 0.05) is 31.6 Å². The lowest BCUT2D eigenvalue weighted by Crippen LogP contribution is -2.46. The predicted molar refractivity (Wildman–Crippen MR) is 68.6 cm³/mol. The van der Waals surface area contributed by atoms with Crippen molar-refractivity contribution in [2.45, 2.75) is 32.4 Å². The van der Waals surface area contributed by atoms with E-state index in [2.05, 4.69) is 31.3 Å². The van der Waals surface area contributed by atoms with Crippen molar-refractivity contribution in [3.8, 4) is 0 Å². The maximum Gasteiger partial charge on any atom is 0.224 e. The summed E-state index contributed by atoms with van der Waals surface area (Å²) in [5.74, 6) is 0.243. The standard InChI is InChI=1S/C14H20N2O/c1-14(2)11-16(13(17)8-9-15-14)10-12-6-4-3-5-7-12/h3-7,15H,8-11H2,1-2H3. The molecule has 0 unspecified atom stereocenters. The average molecular weight is 232 g/mol. The van der Waals surface area contributed by atoms with Crippen LogP contribution in [0.1, 0.15) is 25.8 Å². The highest BCUT2D eigenvalue weighted by atomic mass is 16.2. The molecule has 1 aromatic rings. The van der Waals surface area contributed by atoms with E-state index in [-0.39, 0.29) is 11.4 Å². The van der Waals surface area contributed by atoms with E-state index >= 15 is 0 Å². The lowest BCUT2D eigenvalue weighted by atomic mass is 10.1. The van der Waals surface area contributed by atoms with Crippen LogP contribution in [-0.4, -0.2) is 29.4 Å². The summed E-state index contributed by atoms with van der Waals surface area (Å²) in [6.07, 6.45) is 0.594. The monoisotopic (exact) mass is 232 g/mol. The van der Waals surface area contributed by atoms with Crippen LogP contribution in [0.3, 0.4) is 0 Å². The van der Waals surface area contributed by atoms with Gasteiger partial charge in [0.05, 0.1) is 0 Å². The minimum Gasteiger partial charge on any atom is -0.337 e. The number of carbonyl (C=O) groups is 1.